The van der Waals surface area contributed by atoms with Gasteiger partial charge in [-0.3, -0.25) is 4.79 Å². The molecule has 0 aliphatic carbocycles. The molecule has 0 saturated heterocycles. The van der Waals surface area contributed by atoms with Crippen LogP contribution in [0.1, 0.15) is 12.5 Å². The number of nitrogens with two attached hydrogens (primary N) is 1. The van der Waals surface area contributed by atoms with Crippen LogP contribution >= 0.6 is 12.4 Å². The molecule has 16 heavy (non-hydrogen) atoms. The van der Waals surface area contributed by atoms with Crippen molar-refractivity contribution in [2.24, 2.45) is 5.73 Å². The average molecular weight is 246 g/mol. The summed E-state index contributed by atoms with van der Waals surface area (Å²) in [4.78, 5) is 10.5. The van der Waals surface area contributed by atoms with Crippen molar-refractivity contribution in [2.45, 2.75) is 25.7 Å². The first-order valence-corrected chi connectivity index (χ1v) is 4.75. The highest BCUT2D eigenvalue weighted by molar-refractivity contribution is 5.85. The standard InChI is InChI=1S/C11H15NO3.ClH/c1-8(10(12)11(13)14)15-7-9-5-3-2-4-6-9;/h2-6,8,10H,7,12H2,1H3,(H,13,14);1H. The van der Waals surface area contributed by atoms with Crippen molar-refractivity contribution in [1.29, 1.82) is 0 Å². The van der Waals surface area contributed by atoms with Crippen molar-refractivity contribution in [1.82, 2.24) is 0 Å². The van der Waals surface area contributed by atoms with E-state index >= 15 is 0 Å². The SMILES string of the molecule is CC(OCc1ccccc1)C(N)C(=O)O.Cl. The molecular formula is C11H16ClNO3. The highest BCUT2D eigenvalue weighted by atomic mass is 35.5. The Morgan fingerprint density at radius 2 is 2.00 bits per heavy atom. The predicted octanol–water partition coefficient (Wildman–Crippen LogP) is 1.43. The van der Waals surface area contributed by atoms with E-state index in [-0.39, 0.29) is 12.4 Å². The van der Waals surface area contributed by atoms with Gasteiger partial charge in [0.05, 0.1) is 12.7 Å². The second-order valence-corrected chi connectivity index (χ2v) is 3.37. The fourth-order valence-corrected chi connectivity index (χ4v) is 1.11. The van der Waals surface area contributed by atoms with Gasteiger partial charge < -0.3 is 15.6 Å². The molecule has 1 aromatic rings. The van der Waals surface area contributed by atoms with Crippen LogP contribution in [0, 0.1) is 0 Å². The number of rotatable bonds is 5. The molecule has 0 radical (unpaired) electrons. The van der Waals surface area contributed by atoms with Crippen LogP contribution in [0.25, 0.3) is 0 Å². The lowest BCUT2D eigenvalue weighted by Crippen LogP contribution is -2.41. The third-order valence-electron chi connectivity index (χ3n) is 2.15. The average Bonchev–Trinajstić information content (AvgIpc) is 2.26. The van der Waals surface area contributed by atoms with E-state index in [2.05, 4.69) is 0 Å². The molecule has 2 atom stereocenters. The van der Waals surface area contributed by atoms with Crippen LogP contribution in [0.2, 0.25) is 0 Å². The topological polar surface area (TPSA) is 72.5 Å². The molecule has 1 aromatic carbocycles. The third kappa shape index (κ3) is 4.61. The van der Waals surface area contributed by atoms with Gasteiger partial charge in [0.1, 0.15) is 6.04 Å². The molecule has 0 bridgehead atoms. The monoisotopic (exact) mass is 245 g/mol. The van der Waals surface area contributed by atoms with E-state index in [1.807, 2.05) is 30.3 Å². The van der Waals surface area contributed by atoms with E-state index in [0.717, 1.165) is 5.56 Å². The van der Waals surface area contributed by atoms with Crippen molar-refractivity contribution < 1.29 is 14.6 Å². The lowest BCUT2D eigenvalue weighted by molar-refractivity contribution is -0.142. The van der Waals surface area contributed by atoms with Crippen molar-refractivity contribution >= 4 is 18.4 Å². The first-order chi connectivity index (χ1) is 7.11. The Morgan fingerprint density at radius 1 is 1.44 bits per heavy atom. The number of carbonyl (C=O) groups is 1. The Morgan fingerprint density at radius 3 is 2.50 bits per heavy atom. The fraction of sp³-hybridized carbons (Fsp3) is 0.364. The fourth-order valence-electron chi connectivity index (χ4n) is 1.11. The minimum atomic E-state index is -1.05. The van der Waals surface area contributed by atoms with Crippen LogP contribution < -0.4 is 5.73 Å². The summed E-state index contributed by atoms with van der Waals surface area (Å²) in [5.41, 5.74) is 6.40. The van der Waals surface area contributed by atoms with Crippen LogP contribution in [0.4, 0.5) is 0 Å². The zero-order chi connectivity index (χ0) is 11.3. The number of hydrogen-bond acceptors (Lipinski definition) is 3. The van der Waals surface area contributed by atoms with Gasteiger partial charge in [0.25, 0.3) is 0 Å². The first kappa shape index (κ1) is 14.9. The van der Waals surface area contributed by atoms with E-state index in [1.165, 1.54) is 0 Å². The van der Waals surface area contributed by atoms with Gasteiger partial charge in [-0.25, -0.2) is 0 Å². The quantitative estimate of drug-likeness (QED) is 0.823. The summed E-state index contributed by atoms with van der Waals surface area (Å²) < 4.78 is 5.35. The maximum absolute atomic E-state index is 10.5. The van der Waals surface area contributed by atoms with Crippen LogP contribution in [-0.2, 0) is 16.1 Å². The third-order valence-corrected chi connectivity index (χ3v) is 2.15. The van der Waals surface area contributed by atoms with E-state index in [4.69, 9.17) is 15.6 Å². The van der Waals surface area contributed by atoms with Gasteiger partial charge in [-0.1, -0.05) is 30.3 Å². The Kier molecular flexibility index (Phi) is 6.72. The summed E-state index contributed by atoms with van der Waals surface area (Å²) in [6, 6.07) is 8.57. The highest BCUT2D eigenvalue weighted by Gasteiger charge is 2.20. The molecule has 0 aliphatic rings. The van der Waals surface area contributed by atoms with E-state index in [9.17, 15) is 4.79 Å². The Balaban J connectivity index is 0.00000225. The van der Waals surface area contributed by atoms with Gasteiger partial charge in [-0.05, 0) is 12.5 Å². The number of benzene rings is 1. The molecule has 0 amide bonds. The predicted molar refractivity (Wildman–Crippen MR) is 63.6 cm³/mol. The first-order valence-electron chi connectivity index (χ1n) is 4.75. The summed E-state index contributed by atoms with van der Waals surface area (Å²) >= 11 is 0. The number of hydrogen-bond donors (Lipinski definition) is 2. The lowest BCUT2D eigenvalue weighted by Gasteiger charge is -2.16. The van der Waals surface area contributed by atoms with Crippen LogP contribution in [0.15, 0.2) is 30.3 Å². The largest absolute Gasteiger partial charge is 0.480 e. The lowest BCUT2D eigenvalue weighted by atomic mass is 10.2. The molecule has 0 fully saturated rings. The number of carboxylic acid groups (broad SMARTS) is 1. The molecule has 0 saturated carbocycles. The van der Waals surface area contributed by atoms with E-state index in [0.29, 0.717) is 6.61 Å². The molecule has 0 heterocycles. The second kappa shape index (κ2) is 7.22. The maximum Gasteiger partial charge on any atom is 0.323 e. The molecule has 0 aromatic heterocycles. The summed E-state index contributed by atoms with van der Waals surface area (Å²) in [5.74, 6) is -1.05. The van der Waals surface area contributed by atoms with Crippen LogP contribution in [0.3, 0.4) is 0 Å². The number of halogens is 1. The summed E-state index contributed by atoms with van der Waals surface area (Å²) in [6.07, 6.45) is -0.497. The van der Waals surface area contributed by atoms with Crippen LogP contribution in [0.5, 0.6) is 0 Å². The Labute approximate surface area is 101 Å². The van der Waals surface area contributed by atoms with Crippen LogP contribution in [-0.4, -0.2) is 23.2 Å². The molecule has 1 rings (SSSR count). The summed E-state index contributed by atoms with van der Waals surface area (Å²) in [5, 5.41) is 8.64. The molecule has 2 unspecified atom stereocenters. The van der Waals surface area contributed by atoms with Gasteiger partial charge in [-0.2, -0.15) is 0 Å². The zero-order valence-electron chi connectivity index (χ0n) is 9.00. The summed E-state index contributed by atoms with van der Waals surface area (Å²) in [6.45, 7) is 2.03. The molecule has 3 N–H and O–H groups in total. The minimum Gasteiger partial charge on any atom is -0.480 e. The molecule has 0 aliphatic heterocycles. The number of carboxylic acids is 1. The number of aliphatic carboxylic acids is 1. The van der Waals surface area contributed by atoms with Crippen molar-refractivity contribution in [3.8, 4) is 0 Å². The van der Waals surface area contributed by atoms with Crippen molar-refractivity contribution in [3.05, 3.63) is 35.9 Å². The van der Waals surface area contributed by atoms with E-state index < -0.39 is 18.1 Å². The minimum absolute atomic E-state index is 0. The second-order valence-electron chi connectivity index (χ2n) is 3.37. The van der Waals surface area contributed by atoms with Gasteiger partial charge in [0.15, 0.2) is 0 Å². The van der Waals surface area contributed by atoms with E-state index in [1.54, 1.807) is 6.92 Å². The van der Waals surface area contributed by atoms with Gasteiger partial charge in [-0.15, -0.1) is 12.4 Å². The molecule has 0 spiro atoms. The normalized spacial score (nSPS) is 13.6. The van der Waals surface area contributed by atoms with Gasteiger partial charge >= 0.3 is 5.97 Å². The van der Waals surface area contributed by atoms with Gasteiger partial charge in [0, 0.05) is 0 Å². The zero-order valence-corrected chi connectivity index (χ0v) is 9.81. The van der Waals surface area contributed by atoms with Crippen molar-refractivity contribution in [3.63, 3.8) is 0 Å². The molecular weight excluding hydrogens is 230 g/mol. The molecule has 4 nitrogen and oxygen atoms in total. The van der Waals surface area contributed by atoms with Gasteiger partial charge in [0.2, 0.25) is 0 Å². The summed E-state index contributed by atoms with van der Waals surface area (Å²) in [7, 11) is 0. The smallest absolute Gasteiger partial charge is 0.323 e. The highest BCUT2D eigenvalue weighted by Crippen LogP contribution is 2.05. The van der Waals surface area contributed by atoms with Crippen molar-refractivity contribution in [2.75, 3.05) is 0 Å². The maximum atomic E-state index is 10.5. The molecule has 90 valence electrons. The Hall–Kier alpha value is -1.10. The molecule has 5 heteroatoms. The number of ether oxygens (including phenoxy) is 1. The Bertz CT molecular complexity index is 318.